The molecule has 0 bridgehead atoms. The standard InChI is InChI=1S/C38H38O14/c1-25(2)33(39)45-21-5-7-23-47-37(43)51-31-17-13-29(14-18-31)49-35(41)27-9-11-28(12-10-27)36(42)50-30-15-19-32(20-16-30)52-38(44)48-24-8-6-22-46-34(40)26(3)4/h9-20H,1,3,5-8,21-24H2,2,4H3. The molecule has 0 N–H and O–H groups in total. The second-order valence-corrected chi connectivity index (χ2v) is 10.9. The van der Waals surface area contributed by atoms with Crippen LogP contribution in [-0.2, 0) is 28.5 Å². The van der Waals surface area contributed by atoms with Crippen molar-refractivity contribution in [2.45, 2.75) is 39.5 Å². The summed E-state index contributed by atoms with van der Waals surface area (Å²) >= 11 is 0. The lowest BCUT2D eigenvalue weighted by Crippen LogP contribution is -2.13. The third kappa shape index (κ3) is 14.6. The summed E-state index contributed by atoms with van der Waals surface area (Å²) in [6.07, 6.45) is 0.0746. The summed E-state index contributed by atoms with van der Waals surface area (Å²) in [5, 5.41) is 0. The Bertz CT molecular complexity index is 1600. The van der Waals surface area contributed by atoms with Crippen molar-refractivity contribution >= 4 is 36.2 Å². The van der Waals surface area contributed by atoms with Crippen molar-refractivity contribution in [3.63, 3.8) is 0 Å². The zero-order valence-corrected chi connectivity index (χ0v) is 28.7. The molecule has 3 rings (SSSR count). The summed E-state index contributed by atoms with van der Waals surface area (Å²) in [4.78, 5) is 71.7. The maximum Gasteiger partial charge on any atom is 0.513 e. The van der Waals surface area contributed by atoms with Crippen LogP contribution < -0.4 is 18.9 Å². The fraction of sp³-hybridized carbons (Fsp3) is 0.263. The average molecular weight is 719 g/mol. The minimum Gasteiger partial charge on any atom is -0.462 e. The molecule has 0 amide bonds. The van der Waals surface area contributed by atoms with Gasteiger partial charge in [0.2, 0.25) is 0 Å². The van der Waals surface area contributed by atoms with E-state index < -0.39 is 36.2 Å². The molecular formula is C38H38O14. The van der Waals surface area contributed by atoms with Gasteiger partial charge in [0.15, 0.2) is 0 Å². The van der Waals surface area contributed by atoms with Gasteiger partial charge in [-0.3, -0.25) is 0 Å². The van der Waals surface area contributed by atoms with Crippen LogP contribution in [0.3, 0.4) is 0 Å². The van der Waals surface area contributed by atoms with Gasteiger partial charge in [-0.25, -0.2) is 28.8 Å². The van der Waals surface area contributed by atoms with Crippen LogP contribution in [0.15, 0.2) is 97.1 Å². The first kappa shape index (κ1) is 40.0. The number of carbonyl (C=O) groups excluding carboxylic acids is 6. The third-order valence-electron chi connectivity index (χ3n) is 6.51. The molecule has 0 spiro atoms. The smallest absolute Gasteiger partial charge is 0.462 e. The van der Waals surface area contributed by atoms with Gasteiger partial charge in [0.25, 0.3) is 0 Å². The van der Waals surface area contributed by atoms with E-state index in [2.05, 4.69) is 13.2 Å². The van der Waals surface area contributed by atoms with E-state index in [9.17, 15) is 28.8 Å². The lowest BCUT2D eigenvalue weighted by atomic mass is 10.1. The third-order valence-corrected chi connectivity index (χ3v) is 6.51. The van der Waals surface area contributed by atoms with E-state index in [1.54, 1.807) is 13.8 Å². The topological polar surface area (TPSA) is 176 Å². The van der Waals surface area contributed by atoms with E-state index >= 15 is 0 Å². The maximum atomic E-state index is 12.6. The highest BCUT2D eigenvalue weighted by Crippen LogP contribution is 2.21. The molecule has 0 aliphatic heterocycles. The number of ether oxygens (including phenoxy) is 8. The number of rotatable bonds is 18. The number of carbonyl (C=O) groups is 6. The first-order valence-corrected chi connectivity index (χ1v) is 16.0. The molecule has 0 unspecified atom stereocenters. The van der Waals surface area contributed by atoms with Crippen LogP contribution in [0.1, 0.15) is 60.2 Å². The van der Waals surface area contributed by atoms with Crippen molar-refractivity contribution in [2.24, 2.45) is 0 Å². The number of hydrogen-bond donors (Lipinski definition) is 0. The lowest BCUT2D eigenvalue weighted by Gasteiger charge is -2.09. The van der Waals surface area contributed by atoms with Crippen molar-refractivity contribution in [2.75, 3.05) is 26.4 Å². The average Bonchev–Trinajstić information content (AvgIpc) is 3.12. The van der Waals surface area contributed by atoms with Crippen molar-refractivity contribution in [3.8, 4) is 23.0 Å². The second kappa shape index (κ2) is 20.9. The van der Waals surface area contributed by atoms with E-state index in [-0.39, 0.29) is 60.6 Å². The molecule has 14 heteroatoms. The summed E-state index contributed by atoms with van der Waals surface area (Å²) in [6, 6.07) is 17.0. The minimum atomic E-state index is -0.920. The van der Waals surface area contributed by atoms with Gasteiger partial charge in [0.1, 0.15) is 23.0 Å². The molecule has 0 saturated carbocycles. The van der Waals surface area contributed by atoms with E-state index in [1.165, 1.54) is 72.8 Å². The predicted octanol–water partition coefficient (Wildman–Crippen LogP) is 6.95. The van der Waals surface area contributed by atoms with Gasteiger partial charge in [-0.15, -0.1) is 0 Å². The molecule has 0 saturated heterocycles. The largest absolute Gasteiger partial charge is 0.513 e. The van der Waals surface area contributed by atoms with E-state index in [0.29, 0.717) is 36.8 Å². The molecule has 0 aliphatic rings. The molecule has 0 fully saturated rings. The Hall–Kier alpha value is -6.44. The number of esters is 4. The SMILES string of the molecule is C=C(C)C(=O)OCCCCOC(=O)Oc1ccc(OC(=O)c2ccc(C(=O)Oc3ccc(OC(=O)OCCCCOC(=O)C(=C)C)cc3)cc2)cc1. The number of benzene rings is 3. The Kier molecular flexibility index (Phi) is 16.1. The molecule has 0 radical (unpaired) electrons. The van der Waals surface area contributed by atoms with E-state index in [1.807, 2.05) is 0 Å². The first-order chi connectivity index (χ1) is 24.9. The molecule has 0 aliphatic carbocycles. The molecule has 14 nitrogen and oxygen atoms in total. The number of unbranched alkanes of at least 4 members (excludes halogenated alkanes) is 2. The van der Waals surface area contributed by atoms with Gasteiger partial charge >= 0.3 is 36.2 Å². The molecule has 0 heterocycles. The number of hydrogen-bond acceptors (Lipinski definition) is 14. The van der Waals surface area contributed by atoms with Crippen molar-refractivity contribution in [3.05, 3.63) is 108 Å². The van der Waals surface area contributed by atoms with E-state index in [4.69, 9.17) is 37.9 Å². The highest BCUT2D eigenvalue weighted by atomic mass is 16.7. The Balaban J connectivity index is 1.35. The Morgan fingerprint density at radius 1 is 0.423 bits per heavy atom. The summed E-state index contributed by atoms with van der Waals surface area (Å²) in [6.45, 7) is 10.6. The fourth-order valence-corrected chi connectivity index (χ4v) is 3.77. The first-order valence-electron chi connectivity index (χ1n) is 16.0. The molecule has 0 aromatic heterocycles. The molecule has 3 aromatic carbocycles. The van der Waals surface area contributed by atoms with Gasteiger partial charge in [0.05, 0.1) is 37.6 Å². The summed E-state index contributed by atoms with van der Waals surface area (Å²) in [5.74, 6) is -1.66. The van der Waals surface area contributed by atoms with Crippen LogP contribution in [-0.4, -0.2) is 62.6 Å². The minimum absolute atomic E-state index is 0.0698. The molecular weight excluding hydrogens is 680 g/mol. The van der Waals surface area contributed by atoms with Gasteiger partial charge in [-0.1, -0.05) is 13.2 Å². The summed E-state index contributed by atoms with van der Waals surface area (Å²) in [5.41, 5.74) is 0.933. The van der Waals surface area contributed by atoms with Crippen LogP contribution >= 0.6 is 0 Å². The van der Waals surface area contributed by atoms with Gasteiger partial charge in [-0.05, 0) is 112 Å². The van der Waals surface area contributed by atoms with Crippen molar-refractivity contribution in [1.82, 2.24) is 0 Å². The highest BCUT2D eigenvalue weighted by molar-refractivity contribution is 5.95. The maximum absolute atomic E-state index is 12.6. The van der Waals surface area contributed by atoms with Crippen LogP contribution in [0.4, 0.5) is 9.59 Å². The van der Waals surface area contributed by atoms with Crippen molar-refractivity contribution in [1.29, 1.82) is 0 Å². The monoisotopic (exact) mass is 718 g/mol. The Labute approximate surface area is 299 Å². The van der Waals surface area contributed by atoms with Gasteiger partial charge < -0.3 is 37.9 Å². The normalized spacial score (nSPS) is 10.2. The highest BCUT2D eigenvalue weighted by Gasteiger charge is 2.14. The summed E-state index contributed by atoms with van der Waals surface area (Å²) in [7, 11) is 0. The molecule has 0 atom stereocenters. The zero-order chi connectivity index (χ0) is 37.9. The quantitative estimate of drug-likeness (QED) is 0.0329. The lowest BCUT2D eigenvalue weighted by molar-refractivity contribution is -0.140. The zero-order valence-electron chi connectivity index (χ0n) is 28.7. The van der Waals surface area contributed by atoms with E-state index in [0.717, 1.165) is 0 Å². The second-order valence-electron chi connectivity index (χ2n) is 10.9. The molecule has 274 valence electrons. The molecule has 3 aromatic rings. The van der Waals surface area contributed by atoms with Crippen LogP contribution in [0.2, 0.25) is 0 Å². The Morgan fingerprint density at radius 2 is 0.692 bits per heavy atom. The fourth-order valence-electron chi connectivity index (χ4n) is 3.77. The molecule has 52 heavy (non-hydrogen) atoms. The van der Waals surface area contributed by atoms with Crippen LogP contribution in [0, 0.1) is 0 Å². The van der Waals surface area contributed by atoms with Crippen LogP contribution in [0.5, 0.6) is 23.0 Å². The van der Waals surface area contributed by atoms with Crippen molar-refractivity contribution < 1.29 is 66.7 Å². The van der Waals surface area contributed by atoms with Gasteiger partial charge in [-0.2, -0.15) is 0 Å². The predicted molar refractivity (Wildman–Crippen MR) is 183 cm³/mol. The Morgan fingerprint density at radius 3 is 0.981 bits per heavy atom. The summed E-state index contributed by atoms with van der Waals surface area (Å²) < 4.78 is 40.8. The van der Waals surface area contributed by atoms with Crippen LogP contribution in [0.25, 0.3) is 0 Å². The van der Waals surface area contributed by atoms with Gasteiger partial charge in [0, 0.05) is 11.1 Å².